The van der Waals surface area contributed by atoms with Gasteiger partial charge in [0.1, 0.15) is 12.7 Å². The van der Waals surface area contributed by atoms with Crippen LogP contribution in [0.25, 0.3) is 0 Å². The highest BCUT2D eigenvalue weighted by Gasteiger charge is 2.35. The molecule has 0 amide bonds. The van der Waals surface area contributed by atoms with E-state index < -0.39 is 0 Å². The highest BCUT2D eigenvalue weighted by Crippen LogP contribution is 2.41. The van der Waals surface area contributed by atoms with Crippen molar-refractivity contribution in [2.24, 2.45) is 0 Å². The molecule has 5 nitrogen and oxygen atoms in total. The number of rotatable bonds is 2. The summed E-state index contributed by atoms with van der Waals surface area (Å²) >= 11 is 0. The zero-order valence-corrected chi connectivity index (χ0v) is 11.2. The summed E-state index contributed by atoms with van der Waals surface area (Å²) in [6, 6.07) is 10.5. The molecule has 3 heterocycles. The summed E-state index contributed by atoms with van der Waals surface area (Å²) < 4.78 is 13.5. The normalized spacial score (nSPS) is 25.6. The third-order valence-electron chi connectivity index (χ3n) is 4.12. The average molecular weight is 271 g/mol. The van der Waals surface area contributed by atoms with Crippen LogP contribution in [0.1, 0.15) is 35.7 Å². The van der Waals surface area contributed by atoms with Gasteiger partial charge < -0.3 is 14.0 Å². The summed E-state index contributed by atoms with van der Waals surface area (Å²) in [6.45, 7) is 2.87. The molecule has 1 aromatic heterocycles. The Morgan fingerprint density at radius 3 is 2.90 bits per heavy atom. The van der Waals surface area contributed by atoms with Crippen molar-refractivity contribution in [3.05, 3.63) is 47.5 Å². The van der Waals surface area contributed by atoms with Crippen LogP contribution in [-0.4, -0.2) is 28.0 Å². The van der Waals surface area contributed by atoms with Crippen molar-refractivity contribution in [3.8, 4) is 0 Å². The van der Waals surface area contributed by atoms with Gasteiger partial charge in [-0.3, -0.25) is 0 Å². The largest absolute Gasteiger partial charge is 0.372 e. The SMILES string of the molecule is c1ccc([C@@H]2CCO[C@@H]2c2nnc3n2CCOC3)cc1. The third kappa shape index (κ3) is 1.94. The van der Waals surface area contributed by atoms with Crippen LogP contribution in [0.4, 0.5) is 0 Å². The third-order valence-corrected chi connectivity index (χ3v) is 4.12. The Morgan fingerprint density at radius 2 is 2.00 bits per heavy atom. The van der Waals surface area contributed by atoms with Gasteiger partial charge in [-0.05, 0) is 12.0 Å². The molecule has 0 unspecified atom stereocenters. The van der Waals surface area contributed by atoms with Crippen molar-refractivity contribution in [2.75, 3.05) is 13.2 Å². The molecule has 5 heteroatoms. The van der Waals surface area contributed by atoms with Gasteiger partial charge >= 0.3 is 0 Å². The van der Waals surface area contributed by atoms with E-state index in [1.165, 1.54) is 5.56 Å². The monoisotopic (exact) mass is 271 g/mol. The number of hydrogen-bond donors (Lipinski definition) is 0. The van der Waals surface area contributed by atoms with Crippen LogP contribution in [-0.2, 0) is 22.6 Å². The Bertz CT molecular complexity index is 596. The van der Waals surface area contributed by atoms with Crippen LogP contribution in [0, 0.1) is 0 Å². The molecule has 1 aromatic carbocycles. The second-order valence-corrected chi connectivity index (χ2v) is 5.28. The topological polar surface area (TPSA) is 49.2 Å². The van der Waals surface area contributed by atoms with Gasteiger partial charge in [-0.1, -0.05) is 30.3 Å². The van der Waals surface area contributed by atoms with Crippen LogP contribution >= 0.6 is 0 Å². The average Bonchev–Trinajstić information content (AvgIpc) is 3.14. The van der Waals surface area contributed by atoms with Gasteiger partial charge in [-0.15, -0.1) is 10.2 Å². The summed E-state index contributed by atoms with van der Waals surface area (Å²) in [5, 5.41) is 8.60. The first-order valence-electron chi connectivity index (χ1n) is 7.10. The van der Waals surface area contributed by atoms with Crippen LogP contribution in [0.2, 0.25) is 0 Å². The first kappa shape index (κ1) is 12.1. The molecule has 2 aliphatic heterocycles. The number of benzene rings is 1. The maximum atomic E-state index is 5.97. The van der Waals surface area contributed by atoms with E-state index in [1.54, 1.807) is 0 Å². The maximum Gasteiger partial charge on any atom is 0.163 e. The number of fused-ring (bicyclic) bond motifs is 1. The fourth-order valence-electron chi connectivity index (χ4n) is 3.11. The van der Waals surface area contributed by atoms with Crippen LogP contribution in [0.3, 0.4) is 0 Å². The van der Waals surface area contributed by atoms with Gasteiger partial charge in [0.05, 0.1) is 6.61 Å². The maximum absolute atomic E-state index is 5.97. The molecule has 4 rings (SSSR count). The molecule has 2 aromatic rings. The zero-order chi connectivity index (χ0) is 13.4. The number of nitrogens with zero attached hydrogens (tertiary/aromatic N) is 3. The molecule has 1 saturated heterocycles. The van der Waals surface area contributed by atoms with Gasteiger partial charge in [-0.2, -0.15) is 0 Å². The van der Waals surface area contributed by atoms with Crippen LogP contribution in [0.15, 0.2) is 30.3 Å². The summed E-state index contributed by atoms with van der Waals surface area (Å²) in [6.07, 6.45) is 1.05. The van der Waals surface area contributed by atoms with Gasteiger partial charge in [0.2, 0.25) is 0 Å². The smallest absolute Gasteiger partial charge is 0.163 e. The molecule has 0 saturated carbocycles. The standard InChI is InChI=1S/C15H17N3O2/c1-2-4-11(5-3-1)12-6-8-20-14(12)15-17-16-13-10-19-9-7-18(13)15/h1-5,12,14H,6-10H2/t12-,14-/m0/s1. The first-order valence-corrected chi connectivity index (χ1v) is 7.10. The molecule has 1 fully saturated rings. The summed E-state index contributed by atoms with van der Waals surface area (Å²) in [4.78, 5) is 0. The lowest BCUT2D eigenvalue weighted by Crippen LogP contribution is -2.21. The predicted molar refractivity (Wildman–Crippen MR) is 72.2 cm³/mol. The van der Waals surface area contributed by atoms with E-state index in [0.717, 1.165) is 37.8 Å². The molecule has 2 atom stereocenters. The van der Waals surface area contributed by atoms with E-state index in [4.69, 9.17) is 9.47 Å². The highest BCUT2D eigenvalue weighted by molar-refractivity contribution is 5.23. The minimum atomic E-state index is 0.0109. The molecule has 0 radical (unpaired) electrons. The van der Waals surface area contributed by atoms with E-state index in [2.05, 4.69) is 39.0 Å². The molecule has 20 heavy (non-hydrogen) atoms. The van der Waals surface area contributed by atoms with E-state index >= 15 is 0 Å². The first-order chi connectivity index (χ1) is 9.93. The fourth-order valence-corrected chi connectivity index (χ4v) is 3.11. The summed E-state index contributed by atoms with van der Waals surface area (Å²) in [5.41, 5.74) is 1.32. The summed E-state index contributed by atoms with van der Waals surface area (Å²) in [7, 11) is 0. The van der Waals surface area contributed by atoms with Crippen molar-refractivity contribution >= 4 is 0 Å². The van der Waals surface area contributed by atoms with Crippen LogP contribution in [0.5, 0.6) is 0 Å². The second kappa shape index (κ2) is 5.00. The molecule has 0 aliphatic carbocycles. The van der Waals surface area contributed by atoms with Gasteiger partial charge in [0.15, 0.2) is 11.6 Å². The van der Waals surface area contributed by atoms with Crippen molar-refractivity contribution in [2.45, 2.75) is 31.6 Å². The lowest BCUT2D eigenvalue weighted by Gasteiger charge is -2.21. The zero-order valence-electron chi connectivity index (χ0n) is 11.2. The fraction of sp³-hybridized carbons (Fsp3) is 0.467. The minimum absolute atomic E-state index is 0.0109. The van der Waals surface area contributed by atoms with E-state index in [1.807, 2.05) is 6.07 Å². The Morgan fingerprint density at radius 1 is 1.10 bits per heavy atom. The van der Waals surface area contributed by atoms with Gasteiger partial charge in [-0.25, -0.2) is 0 Å². The molecule has 2 aliphatic rings. The number of aromatic nitrogens is 3. The summed E-state index contributed by atoms with van der Waals surface area (Å²) in [5.74, 6) is 2.23. The Kier molecular flexibility index (Phi) is 3.01. The molecule has 0 spiro atoms. The van der Waals surface area contributed by atoms with E-state index in [-0.39, 0.29) is 6.10 Å². The Labute approximate surface area is 117 Å². The predicted octanol–water partition coefficient (Wildman–Crippen LogP) is 2.05. The van der Waals surface area contributed by atoms with Gasteiger partial charge in [0.25, 0.3) is 0 Å². The van der Waals surface area contributed by atoms with Crippen molar-refractivity contribution in [1.29, 1.82) is 0 Å². The lowest BCUT2D eigenvalue weighted by atomic mass is 9.92. The molecule has 0 bridgehead atoms. The van der Waals surface area contributed by atoms with Crippen molar-refractivity contribution in [3.63, 3.8) is 0 Å². The van der Waals surface area contributed by atoms with Crippen LogP contribution < -0.4 is 0 Å². The molecule has 104 valence electrons. The Balaban J connectivity index is 1.69. The number of ether oxygens (including phenoxy) is 2. The molecular formula is C15H17N3O2. The molecule has 0 N–H and O–H groups in total. The van der Waals surface area contributed by atoms with Crippen molar-refractivity contribution < 1.29 is 9.47 Å². The highest BCUT2D eigenvalue weighted by atomic mass is 16.5. The molecular weight excluding hydrogens is 254 g/mol. The quantitative estimate of drug-likeness (QED) is 0.839. The van der Waals surface area contributed by atoms with Crippen molar-refractivity contribution in [1.82, 2.24) is 14.8 Å². The minimum Gasteiger partial charge on any atom is -0.372 e. The van der Waals surface area contributed by atoms with E-state index in [9.17, 15) is 0 Å². The Hall–Kier alpha value is -1.72. The number of hydrogen-bond acceptors (Lipinski definition) is 4. The lowest BCUT2D eigenvalue weighted by molar-refractivity contribution is 0.0670. The van der Waals surface area contributed by atoms with Gasteiger partial charge in [0, 0.05) is 19.1 Å². The second-order valence-electron chi connectivity index (χ2n) is 5.28. The van der Waals surface area contributed by atoms with E-state index in [0.29, 0.717) is 12.5 Å².